The van der Waals surface area contributed by atoms with E-state index in [0.29, 0.717) is 12.1 Å². The smallest absolute Gasteiger partial charge is 0.407 e. The quantitative estimate of drug-likeness (QED) is 0.431. The average molecular weight is 478 g/mol. The highest BCUT2D eigenvalue weighted by Crippen LogP contribution is 2.37. The van der Waals surface area contributed by atoms with Crippen LogP contribution in [0.25, 0.3) is 20.0 Å². The summed E-state index contributed by atoms with van der Waals surface area (Å²) in [5.74, 6) is 0.604. The molecule has 4 aromatic rings. The Labute approximate surface area is 200 Å². The summed E-state index contributed by atoms with van der Waals surface area (Å²) in [6, 6.07) is 12.6. The molecule has 7 nitrogen and oxygen atoms in total. The largest absolute Gasteiger partial charge is 0.453 e. The molecule has 0 saturated carbocycles. The number of carbonyl (C=O) groups excluding carboxylic acids is 2. The summed E-state index contributed by atoms with van der Waals surface area (Å²) in [5.41, 5.74) is 1.61. The molecule has 0 bridgehead atoms. The summed E-state index contributed by atoms with van der Waals surface area (Å²) in [7, 11) is 3.41. The number of H-pyrrole nitrogens is 1. The lowest BCUT2D eigenvalue weighted by atomic mass is 10.1. The summed E-state index contributed by atoms with van der Waals surface area (Å²) >= 11 is 3.52. The third kappa shape index (κ3) is 4.28. The van der Waals surface area contributed by atoms with Crippen LogP contribution >= 0.6 is 22.7 Å². The fourth-order valence-electron chi connectivity index (χ4n) is 4.31. The number of aromatic nitrogens is 2. The van der Waals surface area contributed by atoms with Gasteiger partial charge in [-0.2, -0.15) is 11.3 Å². The van der Waals surface area contributed by atoms with Gasteiger partial charge in [0.1, 0.15) is 11.9 Å². The van der Waals surface area contributed by atoms with Crippen LogP contribution in [-0.2, 0) is 9.53 Å². The second kappa shape index (κ2) is 9.03. The van der Waals surface area contributed by atoms with E-state index in [9.17, 15) is 9.59 Å². The first-order valence-corrected chi connectivity index (χ1v) is 12.4. The van der Waals surface area contributed by atoms with Crippen molar-refractivity contribution in [2.75, 3.05) is 13.7 Å². The first kappa shape index (κ1) is 21.7. The number of carbonyl (C=O) groups is 2. The molecule has 3 aromatic heterocycles. The van der Waals surface area contributed by atoms with Gasteiger partial charge < -0.3 is 19.9 Å². The number of benzene rings is 1. The molecule has 168 valence electrons. The van der Waals surface area contributed by atoms with E-state index in [-0.39, 0.29) is 11.9 Å². The Hall–Kier alpha value is -3.11. The van der Waals surface area contributed by atoms with Crippen molar-refractivity contribution in [1.82, 2.24) is 20.2 Å². The van der Waals surface area contributed by atoms with Gasteiger partial charge in [0.05, 0.1) is 23.7 Å². The molecule has 0 radical (unpaired) electrons. The van der Waals surface area contributed by atoms with Gasteiger partial charge in [-0.25, -0.2) is 9.78 Å². The number of aromatic amines is 1. The number of nitrogens with one attached hydrogen (secondary N) is 2. The SMILES string of the molecule is Bc1cc2sc(-c3c[nH]c([C@@H]4CCCN4C(=O)C(NC(=O)OC)c4ccccc4)n3)cc2s1. The predicted molar refractivity (Wildman–Crippen MR) is 134 cm³/mol. The molecule has 2 amide bonds. The van der Waals surface area contributed by atoms with Gasteiger partial charge in [0, 0.05) is 22.1 Å². The number of hydrogen-bond donors (Lipinski definition) is 2. The average Bonchev–Trinajstić information content (AvgIpc) is 3.60. The van der Waals surface area contributed by atoms with Crippen LogP contribution in [0.4, 0.5) is 4.79 Å². The molecule has 10 heteroatoms. The van der Waals surface area contributed by atoms with Crippen molar-refractivity contribution in [1.29, 1.82) is 0 Å². The normalized spacial score (nSPS) is 16.8. The van der Waals surface area contributed by atoms with Crippen LogP contribution in [0.1, 0.15) is 36.3 Å². The minimum atomic E-state index is -0.819. The van der Waals surface area contributed by atoms with Crippen molar-refractivity contribution in [3.63, 3.8) is 0 Å². The molecule has 0 spiro atoms. The summed E-state index contributed by atoms with van der Waals surface area (Å²) in [4.78, 5) is 36.7. The van der Waals surface area contributed by atoms with Crippen LogP contribution in [0.3, 0.4) is 0 Å². The van der Waals surface area contributed by atoms with Crippen molar-refractivity contribution >= 4 is 56.7 Å². The number of methoxy groups -OCH3 is 1. The maximum atomic E-state index is 13.6. The Kier molecular flexibility index (Phi) is 5.95. The maximum Gasteiger partial charge on any atom is 0.407 e. The lowest BCUT2D eigenvalue weighted by Crippen LogP contribution is -2.42. The van der Waals surface area contributed by atoms with E-state index in [1.54, 1.807) is 22.7 Å². The number of amides is 2. The zero-order valence-corrected chi connectivity index (χ0v) is 20.0. The number of rotatable bonds is 5. The Morgan fingerprint density at radius 1 is 1.24 bits per heavy atom. The Bertz CT molecular complexity index is 1270. The maximum absolute atomic E-state index is 13.6. The van der Waals surface area contributed by atoms with E-state index < -0.39 is 12.1 Å². The van der Waals surface area contributed by atoms with Crippen molar-refractivity contribution in [2.45, 2.75) is 24.9 Å². The molecule has 2 atom stereocenters. The van der Waals surface area contributed by atoms with Gasteiger partial charge in [-0.05, 0) is 35.3 Å². The van der Waals surface area contributed by atoms with Crippen LogP contribution in [-0.4, -0.2) is 48.4 Å². The lowest BCUT2D eigenvalue weighted by Gasteiger charge is -2.28. The van der Waals surface area contributed by atoms with E-state index in [1.807, 2.05) is 41.4 Å². The number of nitrogens with zero attached hydrogens (tertiary/aromatic N) is 2. The Balaban J connectivity index is 1.40. The van der Waals surface area contributed by atoms with Gasteiger partial charge in [0.2, 0.25) is 0 Å². The van der Waals surface area contributed by atoms with Gasteiger partial charge in [0.25, 0.3) is 5.91 Å². The molecule has 0 aliphatic carbocycles. The number of ether oxygens (including phenoxy) is 1. The predicted octanol–water partition coefficient (Wildman–Crippen LogP) is 3.37. The highest BCUT2D eigenvalue weighted by Gasteiger charge is 2.37. The molecule has 1 unspecified atom stereocenters. The third-order valence-corrected chi connectivity index (χ3v) is 8.09. The van der Waals surface area contributed by atoms with Crippen LogP contribution in [0.15, 0.2) is 48.7 Å². The topological polar surface area (TPSA) is 87.3 Å². The molecule has 1 aromatic carbocycles. The number of imidazole rings is 1. The molecule has 1 saturated heterocycles. The van der Waals surface area contributed by atoms with Gasteiger partial charge in [0.15, 0.2) is 7.85 Å². The zero-order valence-electron chi connectivity index (χ0n) is 18.3. The summed E-state index contributed by atoms with van der Waals surface area (Å²) in [5, 5.41) is 2.70. The number of likely N-dealkylation sites (tertiary alicyclic amines) is 1. The Morgan fingerprint density at radius 3 is 2.79 bits per heavy atom. The first-order chi connectivity index (χ1) is 16.0. The molecule has 1 aliphatic rings. The Morgan fingerprint density at radius 2 is 2.03 bits per heavy atom. The molecule has 1 fully saturated rings. The molecule has 2 N–H and O–H groups in total. The van der Waals surface area contributed by atoms with E-state index >= 15 is 0 Å². The highest BCUT2D eigenvalue weighted by molar-refractivity contribution is 7.33. The van der Waals surface area contributed by atoms with E-state index in [2.05, 4.69) is 30.3 Å². The van der Waals surface area contributed by atoms with Crippen LogP contribution in [0.5, 0.6) is 0 Å². The van der Waals surface area contributed by atoms with Crippen LogP contribution < -0.4 is 10.1 Å². The minimum absolute atomic E-state index is 0.166. The van der Waals surface area contributed by atoms with Crippen LogP contribution in [0.2, 0.25) is 0 Å². The third-order valence-electron chi connectivity index (χ3n) is 5.86. The van der Waals surface area contributed by atoms with E-state index in [1.165, 1.54) is 21.3 Å². The highest BCUT2D eigenvalue weighted by atomic mass is 32.1. The van der Waals surface area contributed by atoms with Gasteiger partial charge in [-0.3, -0.25) is 4.79 Å². The van der Waals surface area contributed by atoms with Crippen LogP contribution in [0, 0.1) is 0 Å². The first-order valence-electron chi connectivity index (χ1n) is 10.8. The van der Waals surface area contributed by atoms with Gasteiger partial charge >= 0.3 is 6.09 Å². The van der Waals surface area contributed by atoms with Crippen molar-refractivity contribution in [2.24, 2.45) is 0 Å². The minimum Gasteiger partial charge on any atom is -0.453 e. The molecular formula is C23H23BN4O3S2. The standard InChI is InChI=1S/C23H23BN4O3S2/c1-31-23(30)27-20(13-6-3-2-4-7-13)22(29)28-9-5-8-15(28)21-25-12-14(26-21)16-10-17-18(32-16)11-19(24)33-17/h2-4,6-7,10-12,15,20H,5,8-9,24H2,1H3,(H,25,26)(H,27,30)/t15-,20?/m0/s1. The molecule has 5 rings (SSSR count). The number of alkyl carbamates (subject to hydrolysis) is 1. The fourth-order valence-corrected chi connectivity index (χ4v) is 6.58. The van der Waals surface area contributed by atoms with Gasteiger partial charge in [-0.15, -0.1) is 11.3 Å². The second-order valence-electron chi connectivity index (χ2n) is 8.04. The van der Waals surface area contributed by atoms with Crippen molar-refractivity contribution in [3.05, 3.63) is 60.0 Å². The second-order valence-corrected chi connectivity index (χ2v) is 10.4. The summed E-state index contributed by atoms with van der Waals surface area (Å²) in [6.45, 7) is 0.611. The molecular weight excluding hydrogens is 455 g/mol. The van der Waals surface area contributed by atoms with E-state index in [4.69, 9.17) is 9.72 Å². The number of hydrogen-bond acceptors (Lipinski definition) is 6. The summed E-state index contributed by atoms with van der Waals surface area (Å²) in [6.07, 6.45) is 2.97. The van der Waals surface area contributed by atoms with Gasteiger partial charge in [-0.1, -0.05) is 30.3 Å². The lowest BCUT2D eigenvalue weighted by molar-refractivity contribution is -0.134. The zero-order chi connectivity index (χ0) is 22.9. The van der Waals surface area contributed by atoms with Crippen molar-refractivity contribution in [3.8, 4) is 10.6 Å². The molecule has 33 heavy (non-hydrogen) atoms. The summed E-state index contributed by atoms with van der Waals surface area (Å²) < 4.78 is 8.62. The number of fused-ring (bicyclic) bond motifs is 1. The van der Waals surface area contributed by atoms with E-state index in [0.717, 1.165) is 29.2 Å². The molecule has 1 aliphatic heterocycles. The van der Waals surface area contributed by atoms with Crippen molar-refractivity contribution < 1.29 is 14.3 Å². The fraction of sp³-hybridized carbons (Fsp3) is 0.261. The molecule has 4 heterocycles. The monoisotopic (exact) mass is 478 g/mol. The number of thiophene rings is 2.